The van der Waals surface area contributed by atoms with E-state index in [4.69, 9.17) is 0 Å². The van der Waals surface area contributed by atoms with E-state index in [2.05, 4.69) is 0 Å². The largest absolute Gasteiger partial charge is 0.384 e. The van der Waals surface area contributed by atoms with Gasteiger partial charge in [-0.3, -0.25) is 0 Å². The first kappa shape index (κ1) is 15.6. The van der Waals surface area contributed by atoms with Crippen molar-refractivity contribution in [1.29, 1.82) is 0 Å². The van der Waals surface area contributed by atoms with Gasteiger partial charge < -0.3 is 5.11 Å². The lowest BCUT2D eigenvalue weighted by Gasteiger charge is -2.14. The maximum Gasteiger partial charge on any atom is 0.175 e. The average Bonchev–Trinajstić information content (AvgIpc) is 2.41. The molecule has 112 valence electrons. The van der Waals surface area contributed by atoms with Crippen molar-refractivity contribution in [1.82, 2.24) is 0 Å². The molecule has 0 saturated carbocycles. The summed E-state index contributed by atoms with van der Waals surface area (Å²) < 4.78 is 50.4. The van der Waals surface area contributed by atoms with Crippen LogP contribution < -0.4 is 0 Å². The fraction of sp³-hybridized carbons (Fsp3) is 0.200. The van der Waals surface area contributed by atoms with Crippen molar-refractivity contribution in [3.63, 3.8) is 0 Å². The molecular formula is C15H14F2O3S. The van der Waals surface area contributed by atoms with Gasteiger partial charge in [-0.15, -0.1) is 0 Å². The third-order valence-corrected chi connectivity index (χ3v) is 4.28. The van der Waals surface area contributed by atoms with Gasteiger partial charge >= 0.3 is 0 Å². The SMILES string of the molecule is Cc1cc(F)c(C(O)c2cccc(S(C)(=O)=O)c2)cc1F. The summed E-state index contributed by atoms with van der Waals surface area (Å²) >= 11 is 0. The zero-order chi connectivity index (χ0) is 15.8. The Kier molecular flexibility index (Phi) is 4.11. The maximum atomic E-state index is 13.9. The monoisotopic (exact) mass is 312 g/mol. The standard InChI is InChI=1S/C15H14F2O3S/c1-9-6-14(17)12(8-13(9)16)15(18)10-4-3-5-11(7-10)21(2,19)20/h3-8,15,18H,1-2H3. The molecule has 2 aromatic carbocycles. The van der Waals surface area contributed by atoms with E-state index in [-0.39, 0.29) is 21.6 Å². The summed E-state index contributed by atoms with van der Waals surface area (Å²) in [5, 5.41) is 10.2. The van der Waals surface area contributed by atoms with Crippen LogP contribution in [0.5, 0.6) is 0 Å². The maximum absolute atomic E-state index is 13.9. The molecule has 0 amide bonds. The predicted octanol–water partition coefficient (Wildman–Crippen LogP) is 2.76. The molecule has 6 heteroatoms. The van der Waals surface area contributed by atoms with Crippen LogP contribution in [0, 0.1) is 18.6 Å². The lowest BCUT2D eigenvalue weighted by molar-refractivity contribution is 0.214. The minimum Gasteiger partial charge on any atom is -0.384 e. The molecule has 3 nitrogen and oxygen atoms in total. The molecule has 1 unspecified atom stereocenters. The highest BCUT2D eigenvalue weighted by atomic mass is 32.2. The normalized spacial score (nSPS) is 13.2. The second kappa shape index (κ2) is 5.54. The van der Waals surface area contributed by atoms with Gasteiger partial charge in [0, 0.05) is 11.8 Å². The molecule has 0 aliphatic heterocycles. The van der Waals surface area contributed by atoms with Crippen molar-refractivity contribution in [2.45, 2.75) is 17.9 Å². The Balaban J connectivity index is 2.50. The van der Waals surface area contributed by atoms with E-state index in [0.717, 1.165) is 18.4 Å². The van der Waals surface area contributed by atoms with E-state index in [0.29, 0.717) is 0 Å². The molecule has 1 N–H and O–H groups in total. The Labute approximate surface area is 121 Å². The van der Waals surface area contributed by atoms with Crippen LogP contribution in [0.2, 0.25) is 0 Å². The first-order valence-corrected chi connectivity index (χ1v) is 8.03. The number of halogens is 2. The summed E-state index contributed by atoms with van der Waals surface area (Å²) in [5.74, 6) is -1.38. The fourth-order valence-corrected chi connectivity index (χ4v) is 2.64. The molecule has 2 rings (SSSR count). The Hall–Kier alpha value is -1.79. The van der Waals surface area contributed by atoms with E-state index in [9.17, 15) is 22.3 Å². The molecule has 0 heterocycles. The van der Waals surface area contributed by atoms with E-state index in [1.807, 2.05) is 0 Å². The third kappa shape index (κ3) is 3.28. The molecule has 0 aliphatic carbocycles. The second-order valence-electron chi connectivity index (χ2n) is 4.87. The lowest BCUT2D eigenvalue weighted by atomic mass is 9.99. The van der Waals surface area contributed by atoms with Gasteiger partial charge in [0.05, 0.1) is 4.90 Å². The van der Waals surface area contributed by atoms with Crippen LogP contribution in [0.1, 0.15) is 22.8 Å². The van der Waals surface area contributed by atoms with Crippen LogP contribution in [0.25, 0.3) is 0 Å². The minimum atomic E-state index is -3.44. The molecule has 0 bridgehead atoms. The van der Waals surface area contributed by atoms with Crippen molar-refractivity contribution in [3.8, 4) is 0 Å². The van der Waals surface area contributed by atoms with Crippen LogP contribution in [-0.4, -0.2) is 19.8 Å². The van der Waals surface area contributed by atoms with Crippen molar-refractivity contribution in [3.05, 3.63) is 64.7 Å². The molecular weight excluding hydrogens is 298 g/mol. The molecule has 0 radical (unpaired) electrons. The fourth-order valence-electron chi connectivity index (χ4n) is 1.97. The Morgan fingerprint density at radius 2 is 1.76 bits per heavy atom. The first-order valence-electron chi connectivity index (χ1n) is 6.14. The van der Waals surface area contributed by atoms with Gasteiger partial charge in [-0.2, -0.15) is 0 Å². The van der Waals surface area contributed by atoms with Crippen LogP contribution >= 0.6 is 0 Å². The number of hydrogen-bond acceptors (Lipinski definition) is 3. The van der Waals surface area contributed by atoms with Gasteiger partial charge in [-0.25, -0.2) is 17.2 Å². The first-order chi connectivity index (χ1) is 9.70. The quantitative estimate of drug-likeness (QED) is 0.948. The zero-order valence-corrected chi connectivity index (χ0v) is 12.3. The second-order valence-corrected chi connectivity index (χ2v) is 6.89. The number of rotatable bonds is 3. The molecule has 1 atom stereocenters. The number of hydrogen-bond donors (Lipinski definition) is 1. The number of aliphatic hydroxyl groups is 1. The third-order valence-electron chi connectivity index (χ3n) is 3.17. The van der Waals surface area contributed by atoms with Crippen molar-refractivity contribution in [2.24, 2.45) is 0 Å². The number of aryl methyl sites for hydroxylation is 1. The minimum absolute atomic E-state index is 0.00652. The molecule has 0 fully saturated rings. The molecule has 0 aromatic heterocycles. The van der Waals surface area contributed by atoms with E-state index < -0.39 is 27.6 Å². The molecule has 0 aliphatic rings. The number of benzene rings is 2. The summed E-state index contributed by atoms with van der Waals surface area (Å²) in [6.45, 7) is 1.42. The van der Waals surface area contributed by atoms with Gasteiger partial charge in [-0.05, 0) is 42.3 Å². The molecule has 2 aromatic rings. The summed E-state index contributed by atoms with van der Waals surface area (Å²) in [4.78, 5) is 0.00652. The van der Waals surface area contributed by atoms with Crippen molar-refractivity contribution < 1.29 is 22.3 Å². The van der Waals surface area contributed by atoms with Crippen molar-refractivity contribution >= 4 is 9.84 Å². The van der Waals surface area contributed by atoms with Crippen LogP contribution in [0.4, 0.5) is 8.78 Å². The highest BCUT2D eigenvalue weighted by Gasteiger charge is 2.19. The zero-order valence-electron chi connectivity index (χ0n) is 11.5. The lowest BCUT2D eigenvalue weighted by Crippen LogP contribution is -2.06. The summed E-state index contributed by atoms with van der Waals surface area (Å²) in [6, 6.07) is 7.43. The van der Waals surface area contributed by atoms with Crippen LogP contribution in [-0.2, 0) is 9.84 Å². The van der Waals surface area contributed by atoms with Crippen LogP contribution in [0.15, 0.2) is 41.3 Å². The Bertz CT molecular complexity index is 786. The van der Waals surface area contributed by atoms with Gasteiger partial charge in [0.15, 0.2) is 9.84 Å². The number of sulfone groups is 1. The smallest absolute Gasteiger partial charge is 0.175 e. The van der Waals surface area contributed by atoms with Gasteiger partial charge in [0.1, 0.15) is 17.7 Å². The van der Waals surface area contributed by atoms with E-state index in [1.165, 1.54) is 31.2 Å². The van der Waals surface area contributed by atoms with Crippen molar-refractivity contribution in [2.75, 3.05) is 6.26 Å². The summed E-state index contributed by atoms with van der Waals surface area (Å²) in [6.07, 6.45) is -0.410. The topological polar surface area (TPSA) is 54.4 Å². The van der Waals surface area contributed by atoms with Crippen LogP contribution in [0.3, 0.4) is 0 Å². The van der Waals surface area contributed by atoms with Gasteiger partial charge in [0.2, 0.25) is 0 Å². The highest BCUT2D eigenvalue weighted by Crippen LogP contribution is 2.27. The Morgan fingerprint density at radius 3 is 2.38 bits per heavy atom. The van der Waals surface area contributed by atoms with Gasteiger partial charge in [0.25, 0.3) is 0 Å². The predicted molar refractivity (Wildman–Crippen MR) is 74.7 cm³/mol. The molecule has 0 spiro atoms. The van der Waals surface area contributed by atoms with Gasteiger partial charge in [-0.1, -0.05) is 12.1 Å². The average molecular weight is 312 g/mol. The van der Waals surface area contributed by atoms with E-state index in [1.54, 1.807) is 0 Å². The summed E-state index contributed by atoms with van der Waals surface area (Å²) in [7, 11) is -3.44. The van der Waals surface area contributed by atoms with E-state index >= 15 is 0 Å². The highest BCUT2D eigenvalue weighted by molar-refractivity contribution is 7.90. The summed E-state index contributed by atoms with van der Waals surface area (Å²) in [5.41, 5.74) is 0.0807. The Morgan fingerprint density at radius 1 is 1.10 bits per heavy atom. The number of aliphatic hydroxyl groups excluding tert-OH is 1. The molecule has 0 saturated heterocycles. The molecule has 21 heavy (non-hydrogen) atoms.